The Labute approximate surface area is 106 Å². The largest absolute Gasteiger partial charge is 0.364 e. The molecule has 0 spiro atoms. The highest BCUT2D eigenvalue weighted by Crippen LogP contribution is 2.18. The van der Waals surface area contributed by atoms with Crippen molar-refractivity contribution in [2.24, 2.45) is 0 Å². The number of aromatic nitrogens is 1. The van der Waals surface area contributed by atoms with Crippen LogP contribution >= 0.6 is 0 Å². The molecule has 1 fully saturated rings. The molecule has 0 N–H and O–H groups in total. The first-order valence-electron chi connectivity index (χ1n) is 5.91. The summed E-state index contributed by atoms with van der Waals surface area (Å²) in [4.78, 5) is 13.7. The molecule has 7 heteroatoms. The van der Waals surface area contributed by atoms with Gasteiger partial charge in [0.25, 0.3) is 0 Å². The molecule has 2 rings (SSSR count). The third kappa shape index (κ3) is 2.90. The van der Waals surface area contributed by atoms with Crippen LogP contribution in [0.4, 0.5) is 0 Å². The van der Waals surface area contributed by atoms with E-state index in [9.17, 15) is 13.2 Å². The van der Waals surface area contributed by atoms with Crippen LogP contribution in [0.5, 0.6) is 0 Å². The summed E-state index contributed by atoms with van der Waals surface area (Å²) in [6.45, 7) is 2.36. The molecule has 1 unspecified atom stereocenters. The van der Waals surface area contributed by atoms with Crippen LogP contribution in [0.3, 0.4) is 0 Å². The number of amides is 1. The lowest BCUT2D eigenvalue weighted by Crippen LogP contribution is -2.41. The Bertz CT molecular complexity index is 509. The van der Waals surface area contributed by atoms with Gasteiger partial charge in [-0.1, -0.05) is 5.16 Å². The molecule has 1 aromatic heterocycles. The molecular formula is C11H16N2O4S. The second-order valence-corrected chi connectivity index (χ2v) is 6.63. The Balaban J connectivity index is 2.03. The first-order valence-corrected chi connectivity index (χ1v) is 7.73. The molecule has 0 saturated carbocycles. The molecule has 0 radical (unpaired) electrons. The topological polar surface area (TPSA) is 80.5 Å². The summed E-state index contributed by atoms with van der Waals surface area (Å²) in [5, 5.41) is 3.69. The highest BCUT2D eigenvalue weighted by Gasteiger charge is 2.33. The van der Waals surface area contributed by atoms with Crippen molar-refractivity contribution in [2.75, 3.05) is 18.1 Å². The Morgan fingerprint density at radius 1 is 1.61 bits per heavy atom. The molecule has 0 bridgehead atoms. The summed E-state index contributed by atoms with van der Waals surface area (Å²) in [5.41, 5.74) is 0.569. The first-order chi connectivity index (χ1) is 8.52. The fraction of sp³-hybridized carbons (Fsp3) is 0.636. The number of carbonyl (C=O) groups is 1. The monoisotopic (exact) mass is 272 g/mol. The van der Waals surface area contributed by atoms with Crippen molar-refractivity contribution in [3.63, 3.8) is 0 Å². The number of likely N-dealkylation sites (N-methyl/N-ethyl adjacent to an activating group) is 1. The summed E-state index contributed by atoms with van der Waals surface area (Å²) >= 11 is 0. The molecule has 1 aromatic rings. The highest BCUT2D eigenvalue weighted by molar-refractivity contribution is 7.91. The third-order valence-corrected chi connectivity index (χ3v) is 4.88. The average molecular weight is 272 g/mol. The number of rotatable bonds is 4. The zero-order valence-electron chi connectivity index (χ0n) is 10.2. The van der Waals surface area contributed by atoms with Crippen molar-refractivity contribution < 1.29 is 17.7 Å². The number of sulfone groups is 1. The van der Waals surface area contributed by atoms with Crippen molar-refractivity contribution in [1.82, 2.24) is 10.1 Å². The van der Waals surface area contributed by atoms with Crippen LogP contribution < -0.4 is 0 Å². The van der Waals surface area contributed by atoms with E-state index in [-0.39, 0.29) is 29.9 Å². The maximum Gasteiger partial charge on any atom is 0.228 e. The van der Waals surface area contributed by atoms with Gasteiger partial charge in [0.1, 0.15) is 6.26 Å². The van der Waals surface area contributed by atoms with E-state index in [1.54, 1.807) is 11.0 Å². The van der Waals surface area contributed by atoms with Gasteiger partial charge in [-0.05, 0) is 13.3 Å². The SMILES string of the molecule is CCN(C(=O)Cc1ccon1)C1CCS(=O)(=O)C1. The summed E-state index contributed by atoms with van der Waals surface area (Å²) < 4.78 is 27.5. The lowest BCUT2D eigenvalue weighted by Gasteiger charge is -2.26. The molecule has 1 aliphatic heterocycles. The molecule has 0 aliphatic carbocycles. The fourth-order valence-electron chi connectivity index (χ4n) is 2.24. The van der Waals surface area contributed by atoms with E-state index < -0.39 is 9.84 Å². The number of hydrogen-bond donors (Lipinski definition) is 0. The number of hydrogen-bond acceptors (Lipinski definition) is 5. The minimum absolute atomic E-state index is 0.0748. The van der Waals surface area contributed by atoms with Crippen LogP contribution in [0.15, 0.2) is 16.9 Å². The summed E-state index contributed by atoms with van der Waals surface area (Å²) in [5.74, 6) is 0.144. The average Bonchev–Trinajstić information content (AvgIpc) is 2.89. The van der Waals surface area contributed by atoms with Crippen LogP contribution in [0, 0.1) is 0 Å². The van der Waals surface area contributed by atoms with Crippen LogP contribution in [0.1, 0.15) is 19.0 Å². The van der Waals surface area contributed by atoms with Gasteiger partial charge in [-0.25, -0.2) is 8.42 Å². The lowest BCUT2D eigenvalue weighted by molar-refractivity contribution is -0.132. The van der Waals surface area contributed by atoms with Crippen LogP contribution in [-0.2, 0) is 21.1 Å². The summed E-state index contributed by atoms with van der Waals surface area (Å²) in [7, 11) is -2.97. The van der Waals surface area contributed by atoms with Gasteiger partial charge in [0.05, 0.1) is 23.6 Å². The first kappa shape index (κ1) is 13.1. The van der Waals surface area contributed by atoms with Gasteiger partial charge >= 0.3 is 0 Å². The Hall–Kier alpha value is -1.37. The summed E-state index contributed by atoms with van der Waals surface area (Å²) in [6.07, 6.45) is 2.10. The lowest BCUT2D eigenvalue weighted by atomic mass is 10.2. The Morgan fingerprint density at radius 3 is 2.89 bits per heavy atom. The molecule has 1 amide bonds. The molecule has 18 heavy (non-hydrogen) atoms. The van der Waals surface area contributed by atoms with Gasteiger partial charge in [-0.3, -0.25) is 4.79 Å². The van der Waals surface area contributed by atoms with E-state index in [2.05, 4.69) is 9.68 Å². The minimum atomic E-state index is -2.97. The molecule has 1 atom stereocenters. The summed E-state index contributed by atoms with van der Waals surface area (Å²) in [6, 6.07) is 1.44. The molecular weight excluding hydrogens is 256 g/mol. The minimum Gasteiger partial charge on any atom is -0.364 e. The Kier molecular flexibility index (Phi) is 3.70. The normalized spacial score (nSPS) is 21.9. The van der Waals surface area contributed by atoms with Gasteiger partial charge in [-0.15, -0.1) is 0 Å². The van der Waals surface area contributed by atoms with E-state index in [0.717, 1.165) is 0 Å². The van der Waals surface area contributed by atoms with E-state index in [1.165, 1.54) is 6.26 Å². The zero-order valence-corrected chi connectivity index (χ0v) is 11.0. The van der Waals surface area contributed by atoms with Gasteiger partial charge < -0.3 is 9.42 Å². The maximum atomic E-state index is 12.1. The molecule has 6 nitrogen and oxygen atoms in total. The second kappa shape index (κ2) is 5.09. The number of carbonyl (C=O) groups excluding carboxylic acids is 1. The quantitative estimate of drug-likeness (QED) is 0.785. The predicted molar refractivity (Wildman–Crippen MR) is 64.7 cm³/mol. The molecule has 1 saturated heterocycles. The van der Waals surface area contributed by atoms with Crippen molar-refractivity contribution >= 4 is 15.7 Å². The molecule has 2 heterocycles. The van der Waals surface area contributed by atoms with E-state index in [0.29, 0.717) is 18.7 Å². The van der Waals surface area contributed by atoms with E-state index >= 15 is 0 Å². The molecule has 0 aromatic carbocycles. The van der Waals surface area contributed by atoms with E-state index in [1.807, 2.05) is 6.92 Å². The zero-order chi connectivity index (χ0) is 13.2. The third-order valence-electron chi connectivity index (χ3n) is 3.13. The van der Waals surface area contributed by atoms with Gasteiger partial charge in [0.2, 0.25) is 5.91 Å². The Morgan fingerprint density at radius 2 is 2.39 bits per heavy atom. The maximum absolute atomic E-state index is 12.1. The van der Waals surface area contributed by atoms with Crippen LogP contribution in [0.25, 0.3) is 0 Å². The fourth-order valence-corrected chi connectivity index (χ4v) is 3.98. The molecule has 100 valence electrons. The second-order valence-electron chi connectivity index (χ2n) is 4.40. The van der Waals surface area contributed by atoms with Crippen molar-refractivity contribution in [3.8, 4) is 0 Å². The smallest absolute Gasteiger partial charge is 0.228 e. The van der Waals surface area contributed by atoms with Gasteiger partial charge in [-0.2, -0.15) is 0 Å². The van der Waals surface area contributed by atoms with Gasteiger partial charge in [0.15, 0.2) is 9.84 Å². The van der Waals surface area contributed by atoms with Crippen molar-refractivity contribution in [3.05, 3.63) is 18.0 Å². The van der Waals surface area contributed by atoms with Crippen LogP contribution in [-0.4, -0.2) is 48.5 Å². The van der Waals surface area contributed by atoms with Crippen molar-refractivity contribution in [2.45, 2.75) is 25.8 Å². The number of nitrogens with zero attached hydrogens (tertiary/aromatic N) is 2. The molecule has 1 aliphatic rings. The van der Waals surface area contributed by atoms with Crippen molar-refractivity contribution in [1.29, 1.82) is 0 Å². The highest BCUT2D eigenvalue weighted by atomic mass is 32.2. The standard InChI is InChI=1S/C11H16N2O4S/c1-2-13(10-4-6-18(15,16)8-10)11(14)7-9-3-5-17-12-9/h3,5,10H,2,4,6-8H2,1H3. The van der Waals surface area contributed by atoms with Gasteiger partial charge in [0, 0.05) is 18.7 Å². The predicted octanol–water partition coefficient (Wildman–Crippen LogP) is 0.253. The van der Waals surface area contributed by atoms with E-state index in [4.69, 9.17) is 0 Å². The van der Waals surface area contributed by atoms with Crippen LogP contribution in [0.2, 0.25) is 0 Å².